The fraction of sp³-hybridized carbons (Fsp3) is 0.211. The van der Waals surface area contributed by atoms with Gasteiger partial charge in [0.1, 0.15) is 0 Å². The summed E-state index contributed by atoms with van der Waals surface area (Å²) in [6, 6.07) is 12.9. The minimum Gasteiger partial charge on any atom is -0.269 e. The Morgan fingerprint density at radius 2 is 1.68 bits per heavy atom. The Hall–Kier alpha value is -2.18. The minimum atomic E-state index is -3.65. The summed E-state index contributed by atoms with van der Waals surface area (Å²) >= 11 is 1.55. The molecular weight excluding hydrogens is 352 g/mol. The van der Waals surface area contributed by atoms with Crippen molar-refractivity contribution in [3.8, 4) is 11.3 Å². The van der Waals surface area contributed by atoms with Crippen molar-refractivity contribution in [3.63, 3.8) is 0 Å². The van der Waals surface area contributed by atoms with Crippen LogP contribution < -0.4 is 4.31 Å². The van der Waals surface area contributed by atoms with Crippen molar-refractivity contribution in [2.75, 3.05) is 11.4 Å². The average Bonchev–Trinajstić information content (AvgIpc) is 3.01. The van der Waals surface area contributed by atoms with Gasteiger partial charge in [0.05, 0.1) is 21.3 Å². The fourth-order valence-corrected chi connectivity index (χ4v) is 4.64. The van der Waals surface area contributed by atoms with E-state index in [-0.39, 0.29) is 0 Å². The Balaban J connectivity index is 2.06. The maximum absolute atomic E-state index is 13.1. The van der Waals surface area contributed by atoms with Gasteiger partial charge in [-0.05, 0) is 44.5 Å². The van der Waals surface area contributed by atoms with Crippen LogP contribution in [0.25, 0.3) is 11.3 Å². The molecule has 2 aromatic carbocycles. The Labute approximate surface area is 152 Å². The third kappa shape index (κ3) is 3.45. The van der Waals surface area contributed by atoms with Crippen LogP contribution >= 0.6 is 11.3 Å². The molecule has 25 heavy (non-hydrogen) atoms. The zero-order chi connectivity index (χ0) is 18.2. The van der Waals surface area contributed by atoms with Gasteiger partial charge < -0.3 is 0 Å². The number of sulfonamides is 1. The molecule has 4 nitrogen and oxygen atoms in total. The fourth-order valence-electron chi connectivity index (χ4n) is 2.57. The highest BCUT2D eigenvalue weighted by atomic mass is 32.2. The monoisotopic (exact) mass is 372 g/mol. The van der Waals surface area contributed by atoms with Gasteiger partial charge in [0.15, 0.2) is 0 Å². The first-order chi connectivity index (χ1) is 11.8. The summed E-state index contributed by atoms with van der Waals surface area (Å²) < 4.78 is 27.6. The number of anilines is 1. The van der Waals surface area contributed by atoms with Gasteiger partial charge in [-0.25, -0.2) is 13.4 Å². The van der Waals surface area contributed by atoms with Crippen LogP contribution in [-0.2, 0) is 10.0 Å². The van der Waals surface area contributed by atoms with Crippen molar-refractivity contribution >= 4 is 27.0 Å². The average molecular weight is 373 g/mol. The van der Waals surface area contributed by atoms with Crippen LogP contribution in [0.3, 0.4) is 0 Å². The quantitative estimate of drug-likeness (QED) is 0.674. The Morgan fingerprint density at radius 1 is 1.00 bits per heavy atom. The van der Waals surface area contributed by atoms with E-state index in [0.717, 1.165) is 27.4 Å². The smallest absolute Gasteiger partial charge is 0.264 e. The molecule has 3 aromatic rings. The molecule has 130 valence electrons. The summed E-state index contributed by atoms with van der Waals surface area (Å²) in [7, 11) is -2.07. The van der Waals surface area contributed by atoms with Gasteiger partial charge in [-0.2, -0.15) is 0 Å². The second kappa shape index (κ2) is 6.61. The molecule has 3 rings (SSSR count). The molecule has 6 heteroatoms. The van der Waals surface area contributed by atoms with Crippen molar-refractivity contribution < 1.29 is 8.42 Å². The molecule has 0 unspecified atom stereocenters. The molecule has 0 aliphatic rings. The zero-order valence-corrected chi connectivity index (χ0v) is 16.3. The number of hydrogen-bond donors (Lipinski definition) is 0. The van der Waals surface area contributed by atoms with E-state index in [1.807, 2.05) is 62.5 Å². The lowest BCUT2D eigenvalue weighted by Crippen LogP contribution is -2.27. The molecule has 0 atom stereocenters. The largest absolute Gasteiger partial charge is 0.269 e. The first-order valence-corrected chi connectivity index (χ1v) is 10.2. The SMILES string of the molecule is Cc1ccc(N(C)S(=O)(=O)c2cc(-c3csc(C)n3)ccc2C)cc1. The molecule has 0 amide bonds. The minimum absolute atomic E-state index is 0.304. The second-order valence-corrected chi connectivity index (χ2v) is 9.04. The lowest BCUT2D eigenvalue weighted by molar-refractivity contribution is 0.594. The Bertz CT molecular complexity index is 1010. The van der Waals surface area contributed by atoms with Gasteiger partial charge in [0, 0.05) is 18.0 Å². The number of aryl methyl sites for hydroxylation is 3. The summed E-state index contributed by atoms with van der Waals surface area (Å²) in [5.41, 5.74) is 4.06. The summed E-state index contributed by atoms with van der Waals surface area (Å²) in [6.45, 7) is 5.72. The molecule has 0 bridgehead atoms. The van der Waals surface area contributed by atoms with Gasteiger partial charge in [-0.1, -0.05) is 29.8 Å². The van der Waals surface area contributed by atoms with Crippen molar-refractivity contribution in [2.24, 2.45) is 0 Å². The molecule has 1 heterocycles. The van der Waals surface area contributed by atoms with Crippen LogP contribution in [0.2, 0.25) is 0 Å². The second-order valence-electron chi connectivity index (χ2n) is 6.04. The van der Waals surface area contributed by atoms with Crippen LogP contribution in [0.4, 0.5) is 5.69 Å². The van der Waals surface area contributed by atoms with E-state index in [1.165, 1.54) is 4.31 Å². The highest BCUT2D eigenvalue weighted by Crippen LogP contribution is 2.29. The maximum atomic E-state index is 13.1. The molecule has 0 aliphatic carbocycles. The van der Waals surface area contributed by atoms with Gasteiger partial charge in [0.25, 0.3) is 10.0 Å². The van der Waals surface area contributed by atoms with E-state index >= 15 is 0 Å². The van der Waals surface area contributed by atoms with Gasteiger partial charge >= 0.3 is 0 Å². The predicted molar refractivity (Wildman–Crippen MR) is 104 cm³/mol. The van der Waals surface area contributed by atoms with Gasteiger partial charge in [0.2, 0.25) is 0 Å². The topological polar surface area (TPSA) is 50.3 Å². The van der Waals surface area contributed by atoms with E-state index in [1.54, 1.807) is 24.5 Å². The molecule has 0 spiro atoms. The molecule has 0 saturated carbocycles. The lowest BCUT2D eigenvalue weighted by Gasteiger charge is -2.21. The lowest BCUT2D eigenvalue weighted by atomic mass is 10.1. The van der Waals surface area contributed by atoms with Crippen LogP contribution in [0.5, 0.6) is 0 Å². The summed E-state index contributed by atoms with van der Waals surface area (Å²) in [4.78, 5) is 4.76. The number of hydrogen-bond acceptors (Lipinski definition) is 4. The van der Waals surface area contributed by atoms with Crippen LogP contribution in [0.1, 0.15) is 16.1 Å². The summed E-state index contributed by atoms with van der Waals surface area (Å²) in [5, 5.41) is 2.90. The van der Waals surface area contributed by atoms with Crippen molar-refractivity contribution in [2.45, 2.75) is 25.7 Å². The number of thiazole rings is 1. The third-order valence-corrected chi connectivity index (χ3v) is 6.84. The third-order valence-electron chi connectivity index (χ3n) is 4.14. The number of nitrogens with zero attached hydrogens (tertiary/aromatic N) is 2. The first-order valence-electron chi connectivity index (χ1n) is 7.88. The normalized spacial score (nSPS) is 11.5. The van der Waals surface area contributed by atoms with Gasteiger partial charge in [-0.15, -0.1) is 11.3 Å². The van der Waals surface area contributed by atoms with E-state index in [0.29, 0.717) is 10.6 Å². The van der Waals surface area contributed by atoms with Crippen molar-refractivity contribution in [1.29, 1.82) is 0 Å². The van der Waals surface area contributed by atoms with E-state index in [9.17, 15) is 8.42 Å². The standard InChI is InChI=1S/C19H20N2O2S2/c1-13-5-9-17(10-6-13)21(4)25(22,23)19-11-16(8-7-14(19)2)18-12-24-15(3)20-18/h5-12H,1-4H3. The van der Waals surface area contributed by atoms with Crippen LogP contribution in [0.15, 0.2) is 52.7 Å². The van der Waals surface area contributed by atoms with E-state index < -0.39 is 10.0 Å². The molecule has 0 aliphatic heterocycles. The molecular formula is C19H20N2O2S2. The first kappa shape index (κ1) is 17.6. The highest BCUT2D eigenvalue weighted by Gasteiger charge is 2.24. The Morgan fingerprint density at radius 3 is 2.28 bits per heavy atom. The maximum Gasteiger partial charge on any atom is 0.264 e. The van der Waals surface area contributed by atoms with Gasteiger partial charge in [-0.3, -0.25) is 4.31 Å². The van der Waals surface area contributed by atoms with E-state index in [4.69, 9.17) is 0 Å². The molecule has 1 aromatic heterocycles. The highest BCUT2D eigenvalue weighted by molar-refractivity contribution is 7.92. The number of rotatable bonds is 4. The summed E-state index contributed by atoms with van der Waals surface area (Å²) in [5.74, 6) is 0. The molecule has 0 N–H and O–H groups in total. The zero-order valence-electron chi connectivity index (χ0n) is 14.6. The Kier molecular flexibility index (Phi) is 4.67. The van der Waals surface area contributed by atoms with E-state index in [2.05, 4.69) is 4.98 Å². The predicted octanol–water partition coefficient (Wildman–Crippen LogP) is 4.56. The van der Waals surface area contributed by atoms with Crippen LogP contribution in [-0.4, -0.2) is 20.4 Å². The number of aromatic nitrogens is 1. The molecule has 0 radical (unpaired) electrons. The molecule has 0 saturated heterocycles. The van der Waals surface area contributed by atoms with Crippen molar-refractivity contribution in [3.05, 3.63) is 64.0 Å². The van der Waals surface area contributed by atoms with Crippen LogP contribution in [0, 0.1) is 20.8 Å². The van der Waals surface area contributed by atoms with Crippen molar-refractivity contribution in [1.82, 2.24) is 4.98 Å². The summed E-state index contributed by atoms with van der Waals surface area (Å²) in [6.07, 6.45) is 0. The molecule has 0 fully saturated rings. The number of benzene rings is 2.